The van der Waals surface area contributed by atoms with Crippen molar-refractivity contribution < 1.29 is 4.79 Å². The molecule has 1 aromatic heterocycles. The number of fused-ring (bicyclic) bond motifs is 1. The zero-order valence-electron chi connectivity index (χ0n) is 14.7. The number of hydrogen-bond donors (Lipinski definition) is 0. The molecular formula is C19H23N5O. The molecule has 0 bridgehead atoms. The highest BCUT2D eigenvalue weighted by Gasteiger charge is 2.32. The van der Waals surface area contributed by atoms with Crippen LogP contribution < -0.4 is 9.80 Å². The monoisotopic (exact) mass is 337 g/mol. The van der Waals surface area contributed by atoms with E-state index in [1.807, 2.05) is 29.2 Å². The van der Waals surface area contributed by atoms with Gasteiger partial charge < -0.3 is 14.7 Å². The number of rotatable bonds is 2. The van der Waals surface area contributed by atoms with Gasteiger partial charge in [0.25, 0.3) is 5.91 Å². The normalized spacial score (nSPS) is 20.6. The molecule has 0 aliphatic carbocycles. The van der Waals surface area contributed by atoms with E-state index in [1.54, 1.807) is 6.07 Å². The molecule has 6 heteroatoms. The van der Waals surface area contributed by atoms with Crippen LogP contribution in [0, 0.1) is 0 Å². The molecule has 4 rings (SSSR count). The Bertz CT molecular complexity index is 768. The molecular weight excluding hydrogens is 314 g/mol. The highest BCUT2D eigenvalue weighted by molar-refractivity contribution is 6.06. The summed E-state index contributed by atoms with van der Waals surface area (Å²) in [6.07, 6.45) is 0.884. The van der Waals surface area contributed by atoms with Gasteiger partial charge in [-0.25, -0.2) is 0 Å². The molecule has 1 amide bonds. The quantitative estimate of drug-likeness (QED) is 0.837. The minimum absolute atomic E-state index is 0.0742. The van der Waals surface area contributed by atoms with Crippen LogP contribution in [-0.4, -0.2) is 60.3 Å². The number of aromatic nitrogens is 2. The first kappa shape index (κ1) is 16.0. The molecule has 1 fully saturated rings. The van der Waals surface area contributed by atoms with Crippen molar-refractivity contribution in [2.45, 2.75) is 19.4 Å². The molecule has 1 atom stereocenters. The van der Waals surface area contributed by atoms with Gasteiger partial charge >= 0.3 is 0 Å². The number of benzene rings is 1. The van der Waals surface area contributed by atoms with E-state index >= 15 is 0 Å². The third-order valence-corrected chi connectivity index (χ3v) is 5.12. The third kappa shape index (κ3) is 2.98. The first-order valence-corrected chi connectivity index (χ1v) is 8.82. The van der Waals surface area contributed by atoms with Crippen molar-refractivity contribution in [3.63, 3.8) is 0 Å². The minimum atomic E-state index is -0.0742. The Kier molecular flexibility index (Phi) is 4.13. The van der Waals surface area contributed by atoms with Crippen molar-refractivity contribution >= 4 is 17.4 Å². The van der Waals surface area contributed by atoms with Gasteiger partial charge in [-0.1, -0.05) is 18.2 Å². The van der Waals surface area contributed by atoms with Gasteiger partial charge in [-0.15, -0.1) is 10.2 Å². The van der Waals surface area contributed by atoms with E-state index in [-0.39, 0.29) is 11.9 Å². The molecule has 3 heterocycles. The van der Waals surface area contributed by atoms with Gasteiger partial charge in [0.15, 0.2) is 11.5 Å². The molecule has 25 heavy (non-hydrogen) atoms. The number of likely N-dealkylation sites (N-methyl/N-ethyl adjacent to an activating group) is 1. The third-order valence-electron chi connectivity index (χ3n) is 5.12. The maximum Gasteiger partial charge on any atom is 0.279 e. The zero-order chi connectivity index (χ0) is 17.4. The second-order valence-electron chi connectivity index (χ2n) is 6.92. The van der Waals surface area contributed by atoms with E-state index in [0.29, 0.717) is 5.69 Å². The number of piperazine rings is 1. The summed E-state index contributed by atoms with van der Waals surface area (Å²) in [5.41, 5.74) is 2.61. The molecule has 0 saturated carbocycles. The number of carbonyl (C=O) groups is 1. The summed E-state index contributed by atoms with van der Waals surface area (Å²) < 4.78 is 0. The lowest BCUT2D eigenvalue weighted by Gasteiger charge is -2.32. The average molecular weight is 337 g/mol. The Balaban J connectivity index is 1.53. The van der Waals surface area contributed by atoms with Crippen molar-refractivity contribution in [1.82, 2.24) is 15.1 Å². The maximum absolute atomic E-state index is 13.0. The molecule has 2 aliphatic rings. The van der Waals surface area contributed by atoms with E-state index in [9.17, 15) is 4.79 Å². The summed E-state index contributed by atoms with van der Waals surface area (Å²) >= 11 is 0. The standard InChI is InChI=1S/C19H23N5O/c1-14-13-15-5-3-4-6-17(15)24(14)19(25)16-7-8-18(21-20-16)23-11-9-22(2)10-12-23/h3-8,14H,9-13H2,1-2H3. The highest BCUT2D eigenvalue weighted by Crippen LogP contribution is 2.32. The number of hydrogen-bond acceptors (Lipinski definition) is 5. The van der Waals surface area contributed by atoms with Crippen molar-refractivity contribution in [1.29, 1.82) is 0 Å². The fraction of sp³-hybridized carbons (Fsp3) is 0.421. The number of carbonyl (C=O) groups excluding carboxylic acids is 1. The molecule has 2 aliphatic heterocycles. The summed E-state index contributed by atoms with van der Waals surface area (Å²) in [6.45, 7) is 5.99. The predicted octanol–water partition coefficient (Wildman–Crippen LogP) is 1.82. The van der Waals surface area contributed by atoms with Gasteiger partial charge in [0, 0.05) is 37.9 Å². The second-order valence-corrected chi connectivity index (χ2v) is 6.92. The van der Waals surface area contributed by atoms with Gasteiger partial charge in [0.2, 0.25) is 0 Å². The predicted molar refractivity (Wildman–Crippen MR) is 98.2 cm³/mol. The fourth-order valence-electron chi connectivity index (χ4n) is 3.64. The molecule has 1 saturated heterocycles. The Morgan fingerprint density at radius 1 is 1.04 bits per heavy atom. The van der Waals surface area contributed by atoms with Crippen LogP contribution in [-0.2, 0) is 6.42 Å². The Morgan fingerprint density at radius 3 is 2.52 bits per heavy atom. The summed E-state index contributed by atoms with van der Waals surface area (Å²) in [5, 5.41) is 8.54. The van der Waals surface area contributed by atoms with Crippen LogP contribution in [0.5, 0.6) is 0 Å². The fourth-order valence-corrected chi connectivity index (χ4v) is 3.64. The lowest BCUT2D eigenvalue weighted by molar-refractivity contribution is 0.0975. The number of nitrogens with zero attached hydrogens (tertiary/aromatic N) is 5. The van der Waals surface area contributed by atoms with E-state index in [2.05, 4.69) is 40.0 Å². The number of amides is 1. The Morgan fingerprint density at radius 2 is 1.80 bits per heavy atom. The first-order valence-electron chi connectivity index (χ1n) is 8.82. The Hall–Kier alpha value is -2.47. The zero-order valence-corrected chi connectivity index (χ0v) is 14.7. The van der Waals surface area contributed by atoms with E-state index in [4.69, 9.17) is 0 Å². The van der Waals surface area contributed by atoms with Crippen LogP contribution >= 0.6 is 0 Å². The van der Waals surface area contributed by atoms with Crippen molar-refractivity contribution in [2.24, 2.45) is 0 Å². The largest absolute Gasteiger partial charge is 0.353 e. The van der Waals surface area contributed by atoms with E-state index in [0.717, 1.165) is 44.1 Å². The lowest BCUT2D eigenvalue weighted by Crippen LogP contribution is -2.45. The van der Waals surface area contributed by atoms with E-state index < -0.39 is 0 Å². The molecule has 1 aromatic carbocycles. The summed E-state index contributed by atoms with van der Waals surface area (Å²) in [5.74, 6) is 0.773. The SMILES string of the molecule is CC1Cc2ccccc2N1C(=O)c1ccc(N2CCN(C)CC2)nn1. The highest BCUT2D eigenvalue weighted by atomic mass is 16.2. The van der Waals surface area contributed by atoms with Crippen LogP contribution in [0.3, 0.4) is 0 Å². The molecule has 130 valence electrons. The molecule has 1 unspecified atom stereocenters. The maximum atomic E-state index is 13.0. The summed E-state index contributed by atoms with van der Waals surface area (Å²) in [7, 11) is 2.12. The average Bonchev–Trinajstić information content (AvgIpc) is 2.97. The van der Waals surface area contributed by atoms with Crippen molar-refractivity contribution in [3.8, 4) is 0 Å². The number of anilines is 2. The molecule has 0 N–H and O–H groups in total. The van der Waals surface area contributed by atoms with Gasteiger partial charge in [-0.3, -0.25) is 4.79 Å². The Labute approximate surface area is 148 Å². The molecule has 2 aromatic rings. The second kappa shape index (κ2) is 6.44. The van der Waals surface area contributed by atoms with Crippen LogP contribution in [0.1, 0.15) is 23.0 Å². The van der Waals surface area contributed by atoms with Gasteiger partial charge in [0.1, 0.15) is 0 Å². The molecule has 0 spiro atoms. The smallest absolute Gasteiger partial charge is 0.279 e. The van der Waals surface area contributed by atoms with Gasteiger partial charge in [-0.2, -0.15) is 0 Å². The molecule has 6 nitrogen and oxygen atoms in total. The topological polar surface area (TPSA) is 52.6 Å². The van der Waals surface area contributed by atoms with Gasteiger partial charge in [0.05, 0.1) is 0 Å². The minimum Gasteiger partial charge on any atom is -0.353 e. The van der Waals surface area contributed by atoms with Crippen LogP contribution in [0.15, 0.2) is 36.4 Å². The van der Waals surface area contributed by atoms with E-state index in [1.165, 1.54) is 5.56 Å². The van der Waals surface area contributed by atoms with Crippen molar-refractivity contribution in [3.05, 3.63) is 47.7 Å². The number of para-hydroxylation sites is 1. The lowest BCUT2D eigenvalue weighted by atomic mass is 10.1. The van der Waals surface area contributed by atoms with Crippen LogP contribution in [0.2, 0.25) is 0 Å². The summed E-state index contributed by atoms with van der Waals surface area (Å²) in [4.78, 5) is 19.3. The van der Waals surface area contributed by atoms with Crippen LogP contribution in [0.25, 0.3) is 0 Å². The van der Waals surface area contributed by atoms with Crippen molar-refractivity contribution in [2.75, 3.05) is 43.0 Å². The van der Waals surface area contributed by atoms with Gasteiger partial charge in [-0.05, 0) is 44.2 Å². The van der Waals surface area contributed by atoms with Crippen LogP contribution in [0.4, 0.5) is 11.5 Å². The molecule has 0 radical (unpaired) electrons. The first-order chi connectivity index (χ1) is 12.1. The summed E-state index contributed by atoms with van der Waals surface area (Å²) in [6, 6.07) is 11.9.